The van der Waals surface area contributed by atoms with Crippen LogP contribution >= 0.6 is 0 Å². The molecule has 118 valence electrons. The van der Waals surface area contributed by atoms with Gasteiger partial charge in [-0.2, -0.15) is 5.26 Å². The minimum atomic E-state index is -1.08. The maximum absolute atomic E-state index is 13.3. The van der Waals surface area contributed by atoms with Crippen LogP contribution in [0.4, 0.5) is 4.39 Å². The number of benzene rings is 1. The van der Waals surface area contributed by atoms with Crippen molar-refractivity contribution in [3.63, 3.8) is 0 Å². The van der Waals surface area contributed by atoms with Gasteiger partial charge in [-0.05, 0) is 30.3 Å². The molecule has 6 nitrogen and oxygen atoms in total. The summed E-state index contributed by atoms with van der Waals surface area (Å²) in [5.74, 6) is -2.13. The Bertz CT molecular complexity index is 1010. The normalized spacial score (nSPS) is 11.8. The van der Waals surface area contributed by atoms with E-state index < -0.39 is 23.1 Å². The third kappa shape index (κ3) is 2.90. The molecule has 0 N–H and O–H groups in total. The van der Waals surface area contributed by atoms with Crippen LogP contribution in [-0.2, 0) is 11.3 Å². The number of carbonyl (C=O) groups excluding carboxylic acids is 1. The van der Waals surface area contributed by atoms with Crippen LogP contribution in [0, 0.1) is 17.1 Å². The molecule has 0 aliphatic rings. The first-order valence-corrected chi connectivity index (χ1v) is 7.08. The minimum Gasteiger partial charge on any atom is -0.296 e. The molecule has 0 saturated heterocycles. The average molecular weight is 322 g/mol. The van der Waals surface area contributed by atoms with Gasteiger partial charge in [0.25, 0.3) is 5.56 Å². The number of carbonyl (C=O) groups is 1. The number of aromatic nitrogens is 3. The molecule has 0 aliphatic carbocycles. The van der Waals surface area contributed by atoms with Gasteiger partial charge in [0.1, 0.15) is 11.7 Å². The van der Waals surface area contributed by atoms with Gasteiger partial charge >= 0.3 is 0 Å². The second kappa shape index (κ2) is 6.38. The van der Waals surface area contributed by atoms with Gasteiger partial charge in [-0.15, -0.1) is 0 Å². The molecule has 0 aliphatic heterocycles. The molecule has 0 fully saturated rings. The van der Waals surface area contributed by atoms with Crippen molar-refractivity contribution >= 4 is 16.7 Å². The average Bonchev–Trinajstić information content (AvgIpc) is 2.59. The van der Waals surface area contributed by atoms with Crippen molar-refractivity contribution in [1.82, 2.24) is 14.5 Å². The number of pyridine rings is 1. The number of nitriles is 1. The van der Waals surface area contributed by atoms with Crippen molar-refractivity contribution in [1.29, 1.82) is 5.26 Å². The van der Waals surface area contributed by atoms with Crippen LogP contribution in [0.2, 0.25) is 0 Å². The summed E-state index contributed by atoms with van der Waals surface area (Å²) in [5, 5.41) is 9.32. The predicted molar refractivity (Wildman–Crippen MR) is 83.6 cm³/mol. The van der Waals surface area contributed by atoms with E-state index in [-0.39, 0.29) is 11.9 Å². The Morgan fingerprint density at radius 3 is 2.83 bits per heavy atom. The molecule has 0 radical (unpaired) electrons. The zero-order valence-corrected chi connectivity index (χ0v) is 12.4. The van der Waals surface area contributed by atoms with Gasteiger partial charge in [0.05, 0.1) is 35.5 Å². The van der Waals surface area contributed by atoms with Crippen molar-refractivity contribution in [2.75, 3.05) is 0 Å². The minimum absolute atomic E-state index is 0.0802. The van der Waals surface area contributed by atoms with E-state index in [0.29, 0.717) is 11.2 Å². The monoisotopic (exact) mass is 322 g/mol. The lowest BCUT2D eigenvalue weighted by atomic mass is 10.0. The van der Waals surface area contributed by atoms with Crippen molar-refractivity contribution < 1.29 is 9.18 Å². The molecule has 0 saturated carbocycles. The van der Waals surface area contributed by atoms with Crippen molar-refractivity contribution in [2.45, 2.75) is 12.5 Å². The maximum atomic E-state index is 13.3. The van der Waals surface area contributed by atoms with Gasteiger partial charge in [-0.25, -0.2) is 9.37 Å². The fourth-order valence-corrected chi connectivity index (χ4v) is 2.35. The van der Waals surface area contributed by atoms with E-state index in [2.05, 4.69) is 9.97 Å². The summed E-state index contributed by atoms with van der Waals surface area (Å²) >= 11 is 0. The van der Waals surface area contributed by atoms with E-state index in [4.69, 9.17) is 0 Å². The zero-order chi connectivity index (χ0) is 17.1. The lowest BCUT2D eigenvalue weighted by Gasteiger charge is -2.09. The Hall–Kier alpha value is -3.40. The molecule has 3 aromatic rings. The van der Waals surface area contributed by atoms with Gasteiger partial charge in [-0.1, -0.05) is 6.07 Å². The maximum Gasteiger partial charge on any atom is 0.261 e. The van der Waals surface area contributed by atoms with E-state index in [1.807, 2.05) is 6.07 Å². The lowest BCUT2D eigenvalue weighted by molar-refractivity contribution is -0.120. The molecule has 1 atom stereocenters. The van der Waals surface area contributed by atoms with Gasteiger partial charge < -0.3 is 0 Å². The summed E-state index contributed by atoms with van der Waals surface area (Å²) in [6.45, 7) is -0.340. The Morgan fingerprint density at radius 2 is 2.12 bits per heavy atom. The third-order valence-corrected chi connectivity index (χ3v) is 3.55. The Labute approximate surface area is 135 Å². The number of rotatable bonds is 4. The topological polar surface area (TPSA) is 88.6 Å². The van der Waals surface area contributed by atoms with E-state index >= 15 is 0 Å². The van der Waals surface area contributed by atoms with Crippen molar-refractivity contribution in [3.8, 4) is 6.07 Å². The number of hydrogen-bond acceptors (Lipinski definition) is 5. The summed E-state index contributed by atoms with van der Waals surface area (Å²) in [5.41, 5.74) is 0.120. The summed E-state index contributed by atoms with van der Waals surface area (Å²) in [6, 6.07) is 10.5. The molecule has 1 aromatic carbocycles. The number of halogens is 1. The molecule has 0 amide bonds. The molecule has 0 spiro atoms. The number of hydrogen-bond donors (Lipinski definition) is 0. The second-order valence-corrected chi connectivity index (χ2v) is 5.12. The van der Waals surface area contributed by atoms with Gasteiger partial charge in [-0.3, -0.25) is 19.1 Å². The van der Waals surface area contributed by atoms with Crippen molar-refractivity contribution in [3.05, 3.63) is 70.8 Å². The smallest absolute Gasteiger partial charge is 0.261 e. The Balaban J connectivity index is 1.95. The van der Waals surface area contributed by atoms with Crippen LogP contribution in [-0.4, -0.2) is 20.3 Å². The first kappa shape index (κ1) is 15.5. The van der Waals surface area contributed by atoms with Crippen LogP contribution in [0.5, 0.6) is 0 Å². The first-order valence-electron chi connectivity index (χ1n) is 7.08. The van der Waals surface area contributed by atoms with Crippen LogP contribution < -0.4 is 5.56 Å². The van der Waals surface area contributed by atoms with E-state index in [9.17, 15) is 19.2 Å². The molecule has 24 heavy (non-hydrogen) atoms. The summed E-state index contributed by atoms with van der Waals surface area (Å²) in [7, 11) is 0. The first-order chi connectivity index (χ1) is 11.6. The van der Waals surface area contributed by atoms with E-state index in [1.165, 1.54) is 24.7 Å². The lowest BCUT2D eigenvalue weighted by Crippen LogP contribution is -2.27. The van der Waals surface area contributed by atoms with E-state index in [0.717, 1.165) is 10.6 Å². The SMILES string of the molecule is N#CC(C(=O)Cn1cnc2ccc(F)cc2c1=O)c1ccccn1. The Kier molecular flexibility index (Phi) is 4.12. The predicted octanol–water partition coefficient (Wildman–Crippen LogP) is 1.81. The number of ketones is 1. The molecule has 7 heteroatoms. The number of Topliss-reactive ketones (excluding diaryl/α,β-unsaturated/α-hetero) is 1. The summed E-state index contributed by atoms with van der Waals surface area (Å²) in [6.07, 6.45) is 2.70. The van der Waals surface area contributed by atoms with Crippen LogP contribution in [0.15, 0.2) is 53.7 Å². The zero-order valence-electron chi connectivity index (χ0n) is 12.4. The molecular weight excluding hydrogens is 311 g/mol. The fraction of sp³-hybridized carbons (Fsp3) is 0.118. The van der Waals surface area contributed by atoms with Gasteiger partial charge in [0.15, 0.2) is 5.78 Å². The van der Waals surface area contributed by atoms with Gasteiger partial charge in [0.2, 0.25) is 0 Å². The van der Waals surface area contributed by atoms with Gasteiger partial charge in [0, 0.05) is 6.20 Å². The molecule has 3 rings (SSSR count). The van der Waals surface area contributed by atoms with Crippen LogP contribution in [0.3, 0.4) is 0 Å². The molecule has 2 aromatic heterocycles. The largest absolute Gasteiger partial charge is 0.296 e. The molecule has 0 bridgehead atoms. The molecular formula is C17H11FN4O2. The van der Waals surface area contributed by atoms with Crippen molar-refractivity contribution in [2.24, 2.45) is 0 Å². The van der Waals surface area contributed by atoms with Crippen LogP contribution in [0.1, 0.15) is 11.6 Å². The Morgan fingerprint density at radius 1 is 1.29 bits per heavy atom. The summed E-state index contributed by atoms with van der Waals surface area (Å²) < 4.78 is 14.4. The van der Waals surface area contributed by atoms with Crippen LogP contribution in [0.25, 0.3) is 10.9 Å². The highest BCUT2D eigenvalue weighted by atomic mass is 19.1. The molecule has 1 unspecified atom stereocenters. The number of fused-ring (bicyclic) bond motifs is 1. The quantitative estimate of drug-likeness (QED) is 0.731. The number of nitrogens with zero attached hydrogens (tertiary/aromatic N) is 4. The highest BCUT2D eigenvalue weighted by Crippen LogP contribution is 2.14. The third-order valence-electron chi connectivity index (χ3n) is 3.55. The highest BCUT2D eigenvalue weighted by molar-refractivity contribution is 5.88. The summed E-state index contributed by atoms with van der Waals surface area (Å²) in [4.78, 5) is 32.8. The molecule has 2 heterocycles. The highest BCUT2D eigenvalue weighted by Gasteiger charge is 2.22. The second-order valence-electron chi connectivity index (χ2n) is 5.12. The fourth-order valence-electron chi connectivity index (χ4n) is 2.35. The van der Waals surface area contributed by atoms with E-state index in [1.54, 1.807) is 18.2 Å². The standard InChI is InChI=1S/C17H11FN4O2/c18-11-4-5-15-12(7-11)17(24)22(10-21-15)9-16(23)13(8-19)14-3-1-2-6-20-14/h1-7,10,13H,9H2.